The van der Waals surface area contributed by atoms with Crippen LogP contribution in [0.2, 0.25) is 0 Å². The molecule has 5 aromatic rings. The van der Waals surface area contributed by atoms with E-state index in [1.165, 1.54) is 16.5 Å². The Kier molecular flexibility index (Phi) is 7.23. The lowest BCUT2D eigenvalue weighted by atomic mass is 9.98. The average Bonchev–Trinajstić information content (AvgIpc) is 3.26. The van der Waals surface area contributed by atoms with E-state index in [1.807, 2.05) is 13.0 Å². The maximum absolute atomic E-state index is 14.2. The van der Waals surface area contributed by atoms with Crippen molar-refractivity contribution in [1.82, 2.24) is 8.97 Å². The normalized spacial score (nSPS) is 11.5. The number of para-hydroxylation sites is 3. The highest BCUT2D eigenvalue weighted by Gasteiger charge is 2.30. The third-order valence-electron chi connectivity index (χ3n) is 6.78. The average molecular weight is 559 g/mol. The van der Waals surface area contributed by atoms with Gasteiger partial charge in [0.15, 0.2) is 0 Å². The molecule has 0 radical (unpaired) electrons. The highest BCUT2D eigenvalue weighted by molar-refractivity contribution is 6.02. The molecule has 0 saturated heterocycles. The van der Waals surface area contributed by atoms with Gasteiger partial charge in [-0.25, -0.2) is 0 Å². The third-order valence-corrected chi connectivity index (χ3v) is 6.78. The van der Waals surface area contributed by atoms with Crippen LogP contribution in [0, 0.1) is 0 Å². The van der Waals surface area contributed by atoms with Crippen molar-refractivity contribution < 1.29 is 22.8 Å². The molecule has 2 N–H and O–H groups in total. The van der Waals surface area contributed by atoms with Crippen LogP contribution in [-0.4, -0.2) is 20.8 Å². The Morgan fingerprint density at radius 2 is 1.59 bits per heavy atom. The summed E-state index contributed by atoms with van der Waals surface area (Å²) < 4.78 is 42.0. The third kappa shape index (κ3) is 5.23. The van der Waals surface area contributed by atoms with Gasteiger partial charge in [-0.2, -0.15) is 13.2 Å². The maximum atomic E-state index is 14.2. The van der Waals surface area contributed by atoms with E-state index in [1.54, 1.807) is 53.1 Å². The lowest BCUT2D eigenvalue weighted by Gasteiger charge is -2.14. The summed E-state index contributed by atoms with van der Waals surface area (Å²) in [6.45, 7) is 5.21. The SMILES string of the molecule is C=CC(=O)Nc1ccccc1-c1c(CC)cc2n(CC(=O)Nc3ccc(C(F)(F)F)cc3)c3ccccc3n2c1=O. The van der Waals surface area contributed by atoms with E-state index in [4.69, 9.17) is 0 Å². The Morgan fingerprint density at radius 1 is 0.927 bits per heavy atom. The van der Waals surface area contributed by atoms with Crippen LogP contribution in [0.3, 0.4) is 0 Å². The Hall–Kier alpha value is -5.12. The number of fused-ring (bicyclic) bond motifs is 3. The van der Waals surface area contributed by atoms with E-state index >= 15 is 0 Å². The smallest absolute Gasteiger partial charge is 0.325 e. The number of alkyl halides is 3. The molecular formula is C31H25F3N4O3. The molecule has 0 fully saturated rings. The molecule has 2 amide bonds. The fourth-order valence-electron chi connectivity index (χ4n) is 4.90. The van der Waals surface area contributed by atoms with Crippen LogP contribution in [0.15, 0.2) is 96.3 Å². The first kappa shape index (κ1) is 27.4. The number of pyridine rings is 1. The van der Waals surface area contributed by atoms with Crippen molar-refractivity contribution >= 4 is 39.9 Å². The molecule has 0 aliphatic rings. The molecule has 0 saturated carbocycles. The summed E-state index contributed by atoms with van der Waals surface area (Å²) in [5, 5.41) is 5.40. The number of rotatable bonds is 7. The number of carbonyl (C=O) groups is 2. The lowest BCUT2D eigenvalue weighted by Crippen LogP contribution is -2.21. The number of carbonyl (C=O) groups excluding carboxylic acids is 2. The van der Waals surface area contributed by atoms with Gasteiger partial charge in [0.05, 0.1) is 22.2 Å². The van der Waals surface area contributed by atoms with E-state index in [-0.39, 0.29) is 17.8 Å². The molecule has 5 rings (SSSR count). The summed E-state index contributed by atoms with van der Waals surface area (Å²) in [4.78, 5) is 39.3. The van der Waals surface area contributed by atoms with Gasteiger partial charge in [-0.15, -0.1) is 0 Å². The van der Waals surface area contributed by atoms with Gasteiger partial charge in [-0.05, 0) is 66.6 Å². The van der Waals surface area contributed by atoms with Gasteiger partial charge in [0.2, 0.25) is 11.8 Å². The largest absolute Gasteiger partial charge is 0.416 e. The van der Waals surface area contributed by atoms with Crippen LogP contribution < -0.4 is 16.2 Å². The van der Waals surface area contributed by atoms with E-state index in [2.05, 4.69) is 17.2 Å². The minimum atomic E-state index is -4.48. The number of nitrogens with zero attached hydrogens (tertiary/aromatic N) is 2. The van der Waals surface area contributed by atoms with Crippen molar-refractivity contribution in [1.29, 1.82) is 0 Å². The van der Waals surface area contributed by atoms with Gasteiger partial charge in [0, 0.05) is 16.9 Å². The number of benzene rings is 3. The lowest BCUT2D eigenvalue weighted by molar-refractivity contribution is -0.137. The van der Waals surface area contributed by atoms with Crippen LogP contribution in [0.1, 0.15) is 18.1 Å². The summed E-state index contributed by atoms with van der Waals surface area (Å²) in [5.41, 5.74) is 2.90. The Morgan fingerprint density at radius 3 is 2.24 bits per heavy atom. The summed E-state index contributed by atoms with van der Waals surface area (Å²) >= 11 is 0. The maximum Gasteiger partial charge on any atom is 0.416 e. The van der Waals surface area contributed by atoms with Gasteiger partial charge >= 0.3 is 6.18 Å². The molecule has 0 aliphatic carbocycles. The van der Waals surface area contributed by atoms with Crippen LogP contribution in [0.4, 0.5) is 24.5 Å². The topological polar surface area (TPSA) is 84.6 Å². The number of amides is 2. The van der Waals surface area contributed by atoms with Gasteiger partial charge in [-0.3, -0.25) is 18.8 Å². The minimum Gasteiger partial charge on any atom is -0.325 e. The Labute approximate surface area is 232 Å². The Balaban J connectivity index is 1.61. The molecule has 0 unspecified atom stereocenters. The van der Waals surface area contributed by atoms with Gasteiger partial charge in [0.1, 0.15) is 12.2 Å². The molecule has 41 heavy (non-hydrogen) atoms. The van der Waals surface area contributed by atoms with Crippen molar-refractivity contribution in [2.24, 2.45) is 0 Å². The zero-order valence-electron chi connectivity index (χ0n) is 22.0. The molecule has 3 aromatic carbocycles. The summed E-state index contributed by atoms with van der Waals surface area (Å²) in [6, 6.07) is 20.2. The number of hydrogen-bond acceptors (Lipinski definition) is 3. The first-order valence-corrected chi connectivity index (χ1v) is 12.8. The molecule has 2 heterocycles. The molecule has 7 nitrogen and oxygen atoms in total. The first-order valence-electron chi connectivity index (χ1n) is 12.8. The van der Waals surface area contributed by atoms with E-state index in [9.17, 15) is 27.6 Å². The van der Waals surface area contributed by atoms with Crippen molar-refractivity contribution in [3.8, 4) is 11.1 Å². The zero-order chi connectivity index (χ0) is 29.3. The van der Waals surface area contributed by atoms with Crippen LogP contribution in [-0.2, 0) is 28.7 Å². The van der Waals surface area contributed by atoms with E-state index < -0.39 is 23.6 Å². The van der Waals surface area contributed by atoms with E-state index in [0.29, 0.717) is 45.5 Å². The molecule has 0 atom stereocenters. The predicted molar refractivity (Wildman–Crippen MR) is 153 cm³/mol. The molecule has 208 valence electrons. The quantitative estimate of drug-likeness (QED) is 0.231. The number of anilines is 2. The van der Waals surface area contributed by atoms with Crippen molar-refractivity contribution in [3.05, 3.63) is 113 Å². The number of halogens is 3. The molecule has 0 bridgehead atoms. The van der Waals surface area contributed by atoms with Crippen LogP contribution in [0.25, 0.3) is 27.8 Å². The molecule has 0 spiro atoms. The Bertz CT molecular complexity index is 1870. The van der Waals surface area contributed by atoms with Crippen LogP contribution >= 0.6 is 0 Å². The highest BCUT2D eigenvalue weighted by atomic mass is 19.4. The number of imidazole rings is 1. The second-order valence-corrected chi connectivity index (χ2v) is 9.33. The monoisotopic (exact) mass is 558 g/mol. The fraction of sp³-hybridized carbons (Fsp3) is 0.129. The molecule has 0 aliphatic heterocycles. The zero-order valence-corrected chi connectivity index (χ0v) is 22.0. The van der Waals surface area contributed by atoms with E-state index in [0.717, 1.165) is 18.2 Å². The van der Waals surface area contributed by atoms with Crippen LogP contribution in [0.5, 0.6) is 0 Å². The summed E-state index contributed by atoms with van der Waals surface area (Å²) in [7, 11) is 0. The number of hydrogen-bond donors (Lipinski definition) is 2. The summed E-state index contributed by atoms with van der Waals surface area (Å²) in [6.07, 6.45) is -2.84. The number of aryl methyl sites for hydroxylation is 1. The molecule has 2 aromatic heterocycles. The summed E-state index contributed by atoms with van der Waals surface area (Å²) in [5.74, 6) is -0.882. The highest BCUT2D eigenvalue weighted by Crippen LogP contribution is 2.32. The van der Waals surface area contributed by atoms with Crippen molar-refractivity contribution in [2.75, 3.05) is 10.6 Å². The van der Waals surface area contributed by atoms with Crippen molar-refractivity contribution in [2.45, 2.75) is 26.1 Å². The second-order valence-electron chi connectivity index (χ2n) is 9.33. The fourth-order valence-corrected chi connectivity index (χ4v) is 4.90. The van der Waals surface area contributed by atoms with Gasteiger partial charge in [0.25, 0.3) is 5.56 Å². The van der Waals surface area contributed by atoms with Gasteiger partial charge < -0.3 is 15.2 Å². The number of aromatic nitrogens is 2. The molecular weight excluding hydrogens is 533 g/mol. The number of nitrogens with one attached hydrogen (secondary N) is 2. The standard InChI is InChI=1S/C31H25F3N4O3/c1-3-19-17-28-37(18-27(40)35-21-15-13-20(14-16-21)31(32,33)34)24-11-7-8-12-25(24)38(28)30(41)29(19)22-9-5-6-10-23(22)36-26(39)4-2/h4-17H,2-3,18H2,1H3,(H,35,40)(H,36,39). The first-order chi connectivity index (χ1) is 19.6. The van der Waals surface area contributed by atoms with Crippen molar-refractivity contribution in [3.63, 3.8) is 0 Å². The minimum absolute atomic E-state index is 0.189. The van der Waals surface area contributed by atoms with Gasteiger partial charge in [-0.1, -0.05) is 43.8 Å². The predicted octanol–water partition coefficient (Wildman–Crippen LogP) is 6.27. The second kappa shape index (κ2) is 10.8. The molecule has 10 heteroatoms.